The summed E-state index contributed by atoms with van der Waals surface area (Å²) < 4.78 is 5.69. The number of piperidine rings is 2. The maximum atomic E-state index is 12.1. The molecule has 4 fully saturated rings. The first-order valence-electron chi connectivity index (χ1n) is 9.58. The van der Waals surface area contributed by atoms with Gasteiger partial charge in [0.2, 0.25) is 0 Å². The number of hydrogen-bond donors (Lipinski definition) is 0. The monoisotopic (exact) mass is 390 g/mol. The molecular weight excluding hydrogens is 364 g/mol. The van der Waals surface area contributed by atoms with Crippen LogP contribution in [0.5, 0.6) is 5.75 Å². The van der Waals surface area contributed by atoms with Gasteiger partial charge in [-0.3, -0.25) is 30.0 Å². The van der Waals surface area contributed by atoms with E-state index in [9.17, 15) is 20.2 Å². The van der Waals surface area contributed by atoms with Gasteiger partial charge in [0.15, 0.2) is 0 Å². The van der Waals surface area contributed by atoms with E-state index >= 15 is 0 Å². The van der Waals surface area contributed by atoms with E-state index in [1.807, 2.05) is 47.9 Å². The van der Waals surface area contributed by atoms with Crippen molar-refractivity contribution in [2.75, 3.05) is 26.2 Å². The van der Waals surface area contributed by atoms with Crippen LogP contribution in [0.3, 0.4) is 0 Å². The summed E-state index contributed by atoms with van der Waals surface area (Å²) in [5.74, 6) is 0.761. The van der Waals surface area contributed by atoms with E-state index in [1.54, 1.807) is 13.8 Å². The lowest BCUT2D eigenvalue weighted by Gasteiger charge is -2.66. The van der Waals surface area contributed by atoms with Crippen LogP contribution in [0.1, 0.15) is 39.4 Å². The summed E-state index contributed by atoms with van der Waals surface area (Å²) >= 11 is 0. The van der Waals surface area contributed by atoms with E-state index in [4.69, 9.17) is 4.74 Å². The number of nitro groups is 2. The molecule has 4 aliphatic heterocycles. The van der Waals surface area contributed by atoms with Crippen LogP contribution in [-0.4, -0.2) is 63.0 Å². The zero-order chi connectivity index (χ0) is 20.5. The molecule has 5 rings (SSSR count). The Morgan fingerprint density at radius 2 is 1.39 bits per heavy atom. The van der Waals surface area contributed by atoms with Crippen LogP contribution in [0, 0.1) is 25.6 Å². The minimum atomic E-state index is -1.35. The van der Waals surface area contributed by atoms with Gasteiger partial charge in [0, 0.05) is 9.85 Å². The van der Waals surface area contributed by atoms with E-state index in [-0.39, 0.29) is 48.3 Å². The molecule has 152 valence electrons. The van der Waals surface area contributed by atoms with E-state index < -0.39 is 16.5 Å². The van der Waals surface area contributed by atoms with Crippen molar-refractivity contribution >= 4 is 0 Å². The molecule has 0 saturated carbocycles. The summed E-state index contributed by atoms with van der Waals surface area (Å²) in [5, 5.41) is 24.3. The van der Waals surface area contributed by atoms with E-state index in [1.165, 1.54) is 0 Å². The number of ether oxygens (including phenoxy) is 1. The Bertz CT molecular complexity index is 770. The molecule has 4 heterocycles. The molecule has 1 aromatic rings. The van der Waals surface area contributed by atoms with Crippen LogP contribution >= 0.6 is 0 Å². The first-order valence-corrected chi connectivity index (χ1v) is 9.58. The molecule has 0 amide bonds. The van der Waals surface area contributed by atoms with Gasteiger partial charge in [0.05, 0.1) is 38.4 Å². The van der Waals surface area contributed by atoms with Crippen LogP contribution < -0.4 is 4.74 Å². The van der Waals surface area contributed by atoms with Gasteiger partial charge in [0.25, 0.3) is 11.1 Å². The van der Waals surface area contributed by atoms with Crippen molar-refractivity contribution in [2.24, 2.45) is 5.41 Å². The van der Waals surface area contributed by atoms with Crippen molar-refractivity contribution in [3.63, 3.8) is 0 Å². The standard InChI is InChI=1S/C19H26N4O5/c1-13(2)28-15-7-5-14(6-8-15)16-20-9-18(22(24)25)10-21(16)12-19(11-20,23(26)27)17(18,3)4/h5-8,13,16H,9-12H2,1-4H3. The minimum absolute atomic E-state index is 0.0710. The van der Waals surface area contributed by atoms with Gasteiger partial charge in [-0.2, -0.15) is 0 Å². The fourth-order valence-corrected chi connectivity index (χ4v) is 5.46. The smallest absolute Gasteiger partial charge is 0.259 e. The van der Waals surface area contributed by atoms with Crippen molar-refractivity contribution in [1.82, 2.24) is 9.80 Å². The molecule has 28 heavy (non-hydrogen) atoms. The lowest BCUT2D eigenvalue weighted by Crippen LogP contribution is -2.88. The van der Waals surface area contributed by atoms with Gasteiger partial charge in [-0.15, -0.1) is 0 Å². The van der Waals surface area contributed by atoms with Crippen LogP contribution in [0.2, 0.25) is 0 Å². The molecule has 0 radical (unpaired) electrons. The van der Waals surface area contributed by atoms with Crippen molar-refractivity contribution in [3.05, 3.63) is 50.1 Å². The van der Waals surface area contributed by atoms with E-state index in [0.717, 1.165) is 11.3 Å². The third kappa shape index (κ3) is 2.26. The molecule has 0 atom stereocenters. The molecule has 0 spiro atoms. The van der Waals surface area contributed by atoms with Gasteiger partial charge in [0.1, 0.15) is 11.2 Å². The van der Waals surface area contributed by atoms with Crippen LogP contribution in [-0.2, 0) is 0 Å². The van der Waals surface area contributed by atoms with Gasteiger partial charge in [-0.25, -0.2) is 0 Å². The summed E-state index contributed by atoms with van der Waals surface area (Å²) in [7, 11) is 0. The summed E-state index contributed by atoms with van der Waals surface area (Å²) in [6.45, 7) is 8.18. The Labute approximate surface area is 163 Å². The first kappa shape index (κ1) is 19.1. The lowest BCUT2D eigenvalue weighted by molar-refractivity contribution is -0.679. The Morgan fingerprint density at radius 3 is 1.75 bits per heavy atom. The second-order valence-electron chi connectivity index (χ2n) is 9.12. The Balaban J connectivity index is 1.72. The van der Waals surface area contributed by atoms with E-state index in [0.29, 0.717) is 0 Å². The first-order chi connectivity index (χ1) is 13.0. The van der Waals surface area contributed by atoms with Crippen molar-refractivity contribution in [2.45, 2.75) is 51.0 Å². The summed E-state index contributed by atoms with van der Waals surface area (Å²) in [5.41, 5.74) is -2.77. The molecule has 9 nitrogen and oxygen atoms in total. The SMILES string of the molecule is CC(C)Oc1ccc(C2N3CC4([N+](=O)[O-])CN2CC([N+](=O)[O-])(C3)C4(C)C)cc1. The highest BCUT2D eigenvalue weighted by atomic mass is 16.6. The molecule has 9 heteroatoms. The average Bonchev–Trinajstić information content (AvgIpc) is 2.58. The van der Waals surface area contributed by atoms with Gasteiger partial charge in [-0.05, 0) is 45.4 Å². The van der Waals surface area contributed by atoms with Crippen LogP contribution in [0.4, 0.5) is 0 Å². The number of benzene rings is 1. The van der Waals surface area contributed by atoms with Gasteiger partial charge >= 0.3 is 0 Å². The predicted octanol–water partition coefficient (Wildman–Crippen LogP) is 2.17. The third-order valence-electron chi connectivity index (χ3n) is 7.13. The highest BCUT2D eigenvalue weighted by molar-refractivity contribution is 5.32. The van der Waals surface area contributed by atoms with Gasteiger partial charge in [-0.1, -0.05) is 12.1 Å². The quantitative estimate of drug-likeness (QED) is 0.561. The maximum absolute atomic E-state index is 12.1. The summed E-state index contributed by atoms with van der Waals surface area (Å²) in [6, 6.07) is 7.68. The fraction of sp³-hybridized carbons (Fsp3) is 0.684. The fourth-order valence-electron chi connectivity index (χ4n) is 5.46. The average molecular weight is 390 g/mol. The van der Waals surface area contributed by atoms with E-state index in [2.05, 4.69) is 0 Å². The normalized spacial score (nSPS) is 37.8. The maximum Gasteiger partial charge on any atom is 0.259 e. The summed E-state index contributed by atoms with van der Waals surface area (Å²) in [6.07, 6.45) is -0.119. The molecule has 0 N–H and O–H groups in total. The zero-order valence-electron chi connectivity index (χ0n) is 16.6. The largest absolute Gasteiger partial charge is 0.491 e. The third-order valence-corrected chi connectivity index (χ3v) is 7.13. The Kier molecular flexibility index (Phi) is 4.00. The summed E-state index contributed by atoms with van der Waals surface area (Å²) in [4.78, 5) is 27.6. The lowest BCUT2D eigenvalue weighted by atomic mass is 9.53. The molecule has 0 unspecified atom stereocenters. The highest BCUT2D eigenvalue weighted by Gasteiger charge is 2.81. The number of nitrogens with zero attached hydrogens (tertiary/aromatic N) is 4. The van der Waals surface area contributed by atoms with Gasteiger partial charge < -0.3 is 4.74 Å². The van der Waals surface area contributed by atoms with Crippen LogP contribution in [0.15, 0.2) is 24.3 Å². The molecular formula is C19H26N4O5. The highest BCUT2D eigenvalue weighted by Crippen LogP contribution is 2.58. The Morgan fingerprint density at radius 1 is 0.964 bits per heavy atom. The Hall–Kier alpha value is -2.26. The van der Waals surface area contributed by atoms with Crippen LogP contribution in [0.25, 0.3) is 0 Å². The minimum Gasteiger partial charge on any atom is -0.491 e. The number of hydrogen-bond acceptors (Lipinski definition) is 7. The molecule has 0 aromatic heterocycles. The molecule has 4 saturated heterocycles. The second kappa shape index (κ2) is 5.87. The molecule has 0 aliphatic carbocycles. The molecule has 4 bridgehead atoms. The second-order valence-corrected chi connectivity index (χ2v) is 9.12. The van der Waals surface area contributed by atoms with Crippen molar-refractivity contribution in [1.29, 1.82) is 0 Å². The van der Waals surface area contributed by atoms with Crippen molar-refractivity contribution < 1.29 is 14.6 Å². The molecule has 1 aromatic carbocycles. The molecule has 4 aliphatic rings. The number of rotatable bonds is 5. The zero-order valence-corrected chi connectivity index (χ0v) is 16.6. The predicted molar refractivity (Wildman–Crippen MR) is 101 cm³/mol. The van der Waals surface area contributed by atoms with Crippen molar-refractivity contribution in [3.8, 4) is 5.75 Å². The topological polar surface area (TPSA) is 102 Å².